The zero-order valence-corrected chi connectivity index (χ0v) is 15.6. The Morgan fingerprint density at radius 2 is 2.23 bits per heavy atom. The number of amides is 1. The van der Waals surface area contributed by atoms with Crippen LogP contribution >= 0.6 is 15.9 Å². The molecule has 1 amide bonds. The minimum atomic E-state index is -0.465. The zero-order valence-electron chi connectivity index (χ0n) is 14.0. The molecule has 7 heteroatoms. The standard InChI is InChI=1S/C15H25BrN4O2/c1-15(2,3)22-14(21)18(4)10-11-7-6-8-20(11)13-9-12(16)17-19(13)5/h9,11H,6-8,10H2,1-5H3/t11-/m1/s1. The van der Waals surface area contributed by atoms with Gasteiger partial charge in [0.1, 0.15) is 16.0 Å². The van der Waals surface area contributed by atoms with Gasteiger partial charge in [0.05, 0.1) is 0 Å². The molecule has 22 heavy (non-hydrogen) atoms. The molecule has 1 aromatic heterocycles. The number of halogens is 1. The molecule has 2 rings (SSSR count). The molecule has 0 spiro atoms. The molecule has 6 nitrogen and oxygen atoms in total. The molecular formula is C15H25BrN4O2. The van der Waals surface area contributed by atoms with Gasteiger partial charge in [0.15, 0.2) is 0 Å². The summed E-state index contributed by atoms with van der Waals surface area (Å²) < 4.78 is 8.12. The highest BCUT2D eigenvalue weighted by Crippen LogP contribution is 2.27. The SMILES string of the molecule is CN(C[C@H]1CCCN1c1cc(Br)nn1C)C(=O)OC(C)(C)C. The third-order valence-electron chi connectivity index (χ3n) is 3.69. The number of hydrogen-bond acceptors (Lipinski definition) is 4. The van der Waals surface area contributed by atoms with Crippen molar-refractivity contribution in [1.82, 2.24) is 14.7 Å². The number of aryl methyl sites for hydroxylation is 1. The van der Waals surface area contributed by atoms with E-state index >= 15 is 0 Å². The van der Waals surface area contributed by atoms with Crippen LogP contribution in [-0.4, -0.2) is 52.6 Å². The average molecular weight is 373 g/mol. The fraction of sp³-hybridized carbons (Fsp3) is 0.733. The van der Waals surface area contributed by atoms with Crippen molar-refractivity contribution < 1.29 is 9.53 Å². The maximum Gasteiger partial charge on any atom is 0.410 e. The van der Waals surface area contributed by atoms with E-state index in [1.807, 2.05) is 38.6 Å². The summed E-state index contributed by atoms with van der Waals surface area (Å²) in [5, 5.41) is 4.34. The van der Waals surface area contributed by atoms with Crippen molar-refractivity contribution >= 4 is 27.8 Å². The topological polar surface area (TPSA) is 50.6 Å². The van der Waals surface area contributed by atoms with E-state index in [4.69, 9.17) is 4.74 Å². The van der Waals surface area contributed by atoms with E-state index in [1.165, 1.54) is 0 Å². The molecule has 1 aliphatic rings. The van der Waals surface area contributed by atoms with Crippen LogP contribution in [0.25, 0.3) is 0 Å². The first-order valence-corrected chi connectivity index (χ1v) is 8.37. The Kier molecular flexibility index (Phi) is 5.04. The van der Waals surface area contributed by atoms with Crippen LogP contribution in [0.3, 0.4) is 0 Å². The minimum Gasteiger partial charge on any atom is -0.444 e. The summed E-state index contributed by atoms with van der Waals surface area (Å²) in [5.74, 6) is 1.08. The lowest BCUT2D eigenvalue weighted by Crippen LogP contribution is -2.43. The maximum atomic E-state index is 12.1. The summed E-state index contributed by atoms with van der Waals surface area (Å²) in [4.78, 5) is 16.1. The lowest BCUT2D eigenvalue weighted by atomic mass is 10.2. The fourth-order valence-electron chi connectivity index (χ4n) is 2.75. The molecule has 0 N–H and O–H groups in total. The molecule has 1 fully saturated rings. The van der Waals surface area contributed by atoms with E-state index in [0.717, 1.165) is 29.8 Å². The van der Waals surface area contributed by atoms with E-state index in [9.17, 15) is 4.79 Å². The number of ether oxygens (including phenoxy) is 1. The summed E-state index contributed by atoms with van der Waals surface area (Å²) in [6.07, 6.45) is 1.91. The second-order valence-corrected chi connectivity index (χ2v) is 7.61. The molecule has 0 aliphatic carbocycles. The number of carbonyl (C=O) groups excluding carboxylic acids is 1. The normalized spacial score (nSPS) is 18.6. The largest absolute Gasteiger partial charge is 0.444 e. The Labute approximate surface area is 140 Å². The van der Waals surface area contributed by atoms with Crippen LogP contribution in [-0.2, 0) is 11.8 Å². The first-order valence-electron chi connectivity index (χ1n) is 7.57. The summed E-state index contributed by atoms with van der Waals surface area (Å²) >= 11 is 3.41. The van der Waals surface area contributed by atoms with Crippen LogP contribution in [0.15, 0.2) is 10.7 Å². The van der Waals surface area contributed by atoms with Crippen LogP contribution < -0.4 is 4.90 Å². The molecule has 0 bridgehead atoms. The lowest BCUT2D eigenvalue weighted by molar-refractivity contribution is 0.0290. The average Bonchev–Trinajstić information content (AvgIpc) is 2.93. The van der Waals surface area contributed by atoms with Gasteiger partial charge >= 0.3 is 6.09 Å². The first kappa shape index (κ1) is 17.1. The maximum absolute atomic E-state index is 12.1. The summed E-state index contributed by atoms with van der Waals surface area (Å²) in [6.45, 7) is 7.28. The van der Waals surface area contributed by atoms with E-state index in [1.54, 1.807) is 11.9 Å². The van der Waals surface area contributed by atoms with Crippen molar-refractivity contribution in [2.75, 3.05) is 25.0 Å². The number of anilines is 1. The third kappa shape index (κ3) is 4.15. The molecule has 124 valence electrons. The molecule has 0 aromatic carbocycles. The second kappa shape index (κ2) is 6.48. The Morgan fingerprint density at radius 1 is 1.55 bits per heavy atom. The molecule has 1 saturated heterocycles. The van der Waals surface area contributed by atoms with Crippen molar-refractivity contribution in [3.05, 3.63) is 10.7 Å². The van der Waals surface area contributed by atoms with Gasteiger partial charge in [0.25, 0.3) is 0 Å². The van der Waals surface area contributed by atoms with Gasteiger partial charge in [0.2, 0.25) is 0 Å². The van der Waals surface area contributed by atoms with Crippen molar-refractivity contribution in [2.24, 2.45) is 7.05 Å². The molecule has 0 radical (unpaired) electrons. The minimum absolute atomic E-state index is 0.273. The van der Waals surface area contributed by atoms with Crippen molar-refractivity contribution in [3.8, 4) is 0 Å². The van der Waals surface area contributed by atoms with Crippen molar-refractivity contribution in [1.29, 1.82) is 0 Å². The highest BCUT2D eigenvalue weighted by Gasteiger charge is 2.30. The van der Waals surface area contributed by atoms with Crippen LogP contribution in [0.5, 0.6) is 0 Å². The van der Waals surface area contributed by atoms with E-state index < -0.39 is 5.60 Å². The van der Waals surface area contributed by atoms with Gasteiger partial charge in [-0.2, -0.15) is 5.10 Å². The predicted molar refractivity (Wildman–Crippen MR) is 90.1 cm³/mol. The highest BCUT2D eigenvalue weighted by atomic mass is 79.9. The van der Waals surface area contributed by atoms with Crippen LogP contribution in [0.2, 0.25) is 0 Å². The summed E-state index contributed by atoms with van der Waals surface area (Å²) in [7, 11) is 3.73. The molecule has 0 saturated carbocycles. The zero-order chi connectivity index (χ0) is 16.5. The summed E-state index contributed by atoms with van der Waals surface area (Å²) in [5.41, 5.74) is -0.465. The predicted octanol–water partition coefficient (Wildman–Crippen LogP) is 3.02. The smallest absolute Gasteiger partial charge is 0.410 e. The van der Waals surface area contributed by atoms with Gasteiger partial charge in [0, 0.05) is 39.3 Å². The van der Waals surface area contributed by atoms with Crippen LogP contribution in [0.1, 0.15) is 33.6 Å². The highest BCUT2D eigenvalue weighted by molar-refractivity contribution is 9.10. The Balaban J connectivity index is 2.02. The van der Waals surface area contributed by atoms with Gasteiger partial charge in [-0.05, 0) is 49.5 Å². The van der Waals surface area contributed by atoms with E-state index in [2.05, 4.69) is 25.9 Å². The molecule has 1 atom stereocenters. The third-order valence-corrected chi connectivity index (χ3v) is 4.07. The fourth-order valence-corrected chi connectivity index (χ4v) is 3.19. The van der Waals surface area contributed by atoms with Gasteiger partial charge < -0.3 is 14.5 Å². The lowest BCUT2D eigenvalue weighted by Gasteiger charge is -2.31. The monoisotopic (exact) mass is 372 g/mol. The number of likely N-dealkylation sites (N-methyl/N-ethyl adjacent to an activating group) is 1. The van der Waals surface area contributed by atoms with Gasteiger partial charge in [-0.3, -0.25) is 4.68 Å². The molecule has 1 aliphatic heterocycles. The van der Waals surface area contributed by atoms with Gasteiger partial charge in [-0.1, -0.05) is 0 Å². The van der Waals surface area contributed by atoms with E-state index in [-0.39, 0.29) is 6.09 Å². The van der Waals surface area contributed by atoms with Crippen LogP contribution in [0, 0.1) is 0 Å². The number of carbonyl (C=O) groups is 1. The Morgan fingerprint density at radius 3 is 2.77 bits per heavy atom. The van der Waals surface area contributed by atoms with Gasteiger partial charge in [-0.15, -0.1) is 0 Å². The molecule has 0 unspecified atom stereocenters. The number of nitrogens with zero attached hydrogens (tertiary/aromatic N) is 4. The van der Waals surface area contributed by atoms with E-state index in [0.29, 0.717) is 12.6 Å². The second-order valence-electron chi connectivity index (χ2n) is 6.80. The number of hydrogen-bond donors (Lipinski definition) is 0. The number of aromatic nitrogens is 2. The number of rotatable bonds is 3. The molecule has 2 heterocycles. The van der Waals surface area contributed by atoms with Crippen molar-refractivity contribution in [3.63, 3.8) is 0 Å². The quantitative estimate of drug-likeness (QED) is 0.817. The Bertz CT molecular complexity index is 538. The van der Waals surface area contributed by atoms with Gasteiger partial charge in [-0.25, -0.2) is 4.79 Å². The molecule has 1 aromatic rings. The van der Waals surface area contributed by atoms with Crippen LogP contribution in [0.4, 0.5) is 10.6 Å². The Hall–Kier alpha value is -1.24. The molecular weight excluding hydrogens is 348 g/mol. The van der Waals surface area contributed by atoms with Crippen molar-refractivity contribution in [2.45, 2.75) is 45.3 Å². The summed E-state index contributed by atoms with van der Waals surface area (Å²) in [6, 6.07) is 2.31. The first-order chi connectivity index (χ1) is 10.2.